The highest BCUT2D eigenvalue weighted by Crippen LogP contribution is 2.30. The van der Waals surface area contributed by atoms with E-state index in [0.29, 0.717) is 11.9 Å². The largest absolute Gasteiger partial charge is 0.423 e. The highest BCUT2D eigenvalue weighted by molar-refractivity contribution is 5.74. The first-order valence-electron chi connectivity index (χ1n) is 9.37. The number of pyridine rings is 1. The number of rotatable bonds is 4. The number of nitrogens with zero attached hydrogens (tertiary/aromatic N) is 5. The molecule has 3 aromatic heterocycles. The number of para-hydroxylation sites is 2. The van der Waals surface area contributed by atoms with E-state index in [0.717, 1.165) is 49.4 Å². The molecule has 0 spiro atoms. The van der Waals surface area contributed by atoms with Crippen LogP contribution in [0.4, 0.5) is 6.01 Å². The molecule has 1 fully saturated rings. The molecule has 0 bridgehead atoms. The van der Waals surface area contributed by atoms with Gasteiger partial charge in [-0.1, -0.05) is 18.2 Å². The molecule has 0 radical (unpaired) electrons. The molecule has 1 aromatic carbocycles. The van der Waals surface area contributed by atoms with Gasteiger partial charge in [0.25, 0.3) is 6.01 Å². The number of fused-ring (bicyclic) bond motifs is 1. The van der Waals surface area contributed by atoms with Gasteiger partial charge < -0.3 is 13.9 Å². The maximum Gasteiger partial charge on any atom is 0.298 e. The van der Waals surface area contributed by atoms with Crippen molar-refractivity contribution in [1.29, 1.82) is 0 Å². The number of piperidine rings is 1. The summed E-state index contributed by atoms with van der Waals surface area (Å²) in [6.45, 7) is 2.63. The minimum Gasteiger partial charge on any atom is -0.423 e. The number of hydrogen-bond acceptors (Lipinski definition) is 5. The lowest BCUT2D eigenvalue weighted by molar-refractivity contribution is 0.447. The molecule has 4 heterocycles. The van der Waals surface area contributed by atoms with Gasteiger partial charge in [-0.3, -0.25) is 4.98 Å². The smallest absolute Gasteiger partial charge is 0.298 e. The molecule has 0 aliphatic carbocycles. The Morgan fingerprint density at radius 1 is 1.11 bits per heavy atom. The second-order valence-corrected chi connectivity index (χ2v) is 7.02. The van der Waals surface area contributed by atoms with Crippen LogP contribution in [0.2, 0.25) is 0 Å². The monoisotopic (exact) mass is 359 g/mol. The van der Waals surface area contributed by atoms with E-state index < -0.39 is 0 Å². The van der Waals surface area contributed by atoms with Crippen LogP contribution in [0.25, 0.3) is 11.1 Å². The number of anilines is 1. The molecular weight excluding hydrogens is 338 g/mol. The van der Waals surface area contributed by atoms with E-state index in [4.69, 9.17) is 4.42 Å². The molecule has 6 heteroatoms. The Bertz CT molecular complexity index is 1010. The van der Waals surface area contributed by atoms with Crippen molar-refractivity contribution in [2.45, 2.75) is 25.3 Å². The summed E-state index contributed by atoms with van der Waals surface area (Å²) in [5.41, 5.74) is 2.93. The normalized spacial score (nSPS) is 17.5. The van der Waals surface area contributed by atoms with E-state index in [1.165, 1.54) is 5.56 Å². The first kappa shape index (κ1) is 16.1. The predicted octanol–water partition coefficient (Wildman–Crippen LogP) is 3.85. The maximum atomic E-state index is 5.98. The van der Waals surface area contributed by atoms with Crippen molar-refractivity contribution in [3.8, 4) is 0 Å². The van der Waals surface area contributed by atoms with Crippen LogP contribution in [0.5, 0.6) is 0 Å². The van der Waals surface area contributed by atoms with E-state index in [1.54, 1.807) is 6.20 Å². The molecule has 6 nitrogen and oxygen atoms in total. The Morgan fingerprint density at radius 3 is 2.96 bits per heavy atom. The van der Waals surface area contributed by atoms with Crippen molar-refractivity contribution in [1.82, 2.24) is 19.5 Å². The summed E-state index contributed by atoms with van der Waals surface area (Å²) in [6, 6.07) is 12.7. The van der Waals surface area contributed by atoms with Gasteiger partial charge in [0.1, 0.15) is 11.3 Å². The standard InChI is InChI=1S/C21H21N5O/c1-2-8-19-18(7-1)24-21(27-19)26-11-4-6-17(15-26)20-23-10-12-25(20)14-16-5-3-9-22-13-16/h1-3,5,7-10,12-13,17H,4,6,11,14-15H2. The molecule has 1 unspecified atom stereocenters. The lowest BCUT2D eigenvalue weighted by Gasteiger charge is -2.31. The van der Waals surface area contributed by atoms with Gasteiger partial charge in [-0.2, -0.15) is 4.98 Å². The minimum atomic E-state index is 0.362. The lowest BCUT2D eigenvalue weighted by atomic mass is 9.97. The first-order chi connectivity index (χ1) is 13.4. The fourth-order valence-electron chi connectivity index (χ4n) is 3.86. The molecule has 1 aliphatic heterocycles. The molecule has 27 heavy (non-hydrogen) atoms. The van der Waals surface area contributed by atoms with Gasteiger partial charge in [-0.25, -0.2) is 4.98 Å². The Hall–Kier alpha value is -3.15. The fraction of sp³-hybridized carbons (Fsp3) is 0.286. The predicted molar refractivity (Wildman–Crippen MR) is 104 cm³/mol. The molecule has 0 saturated carbocycles. The van der Waals surface area contributed by atoms with Crippen LogP contribution in [0, 0.1) is 0 Å². The van der Waals surface area contributed by atoms with E-state index >= 15 is 0 Å². The zero-order valence-electron chi connectivity index (χ0n) is 15.0. The van der Waals surface area contributed by atoms with Crippen molar-refractivity contribution in [3.05, 3.63) is 72.6 Å². The summed E-state index contributed by atoms with van der Waals surface area (Å²) < 4.78 is 8.21. The van der Waals surface area contributed by atoms with Gasteiger partial charge in [0.2, 0.25) is 0 Å². The van der Waals surface area contributed by atoms with Crippen LogP contribution in [0.3, 0.4) is 0 Å². The SMILES string of the molecule is c1cncc(Cn2ccnc2C2CCCN(c3nc4ccccc4o3)C2)c1. The van der Waals surface area contributed by atoms with Crippen LogP contribution in [0.1, 0.15) is 30.1 Å². The minimum absolute atomic E-state index is 0.362. The summed E-state index contributed by atoms with van der Waals surface area (Å²) in [6.07, 6.45) is 9.89. The lowest BCUT2D eigenvalue weighted by Crippen LogP contribution is -2.35. The fourth-order valence-corrected chi connectivity index (χ4v) is 3.86. The van der Waals surface area contributed by atoms with Crippen molar-refractivity contribution >= 4 is 17.1 Å². The van der Waals surface area contributed by atoms with Crippen LogP contribution in [0.15, 0.2) is 65.6 Å². The first-order valence-corrected chi connectivity index (χ1v) is 9.37. The third kappa shape index (κ3) is 3.18. The molecule has 1 atom stereocenters. The van der Waals surface area contributed by atoms with Gasteiger partial charge in [0.15, 0.2) is 5.58 Å². The summed E-state index contributed by atoms with van der Waals surface area (Å²) in [5.74, 6) is 1.49. The number of oxazole rings is 1. The second kappa shape index (κ2) is 6.87. The average molecular weight is 359 g/mol. The zero-order chi connectivity index (χ0) is 18.1. The molecule has 1 aliphatic rings. The third-order valence-corrected chi connectivity index (χ3v) is 5.16. The van der Waals surface area contributed by atoms with Crippen molar-refractivity contribution < 1.29 is 4.42 Å². The highest BCUT2D eigenvalue weighted by atomic mass is 16.4. The van der Waals surface area contributed by atoms with Crippen LogP contribution in [-0.4, -0.2) is 32.6 Å². The number of benzene rings is 1. The number of hydrogen-bond donors (Lipinski definition) is 0. The zero-order valence-corrected chi connectivity index (χ0v) is 15.0. The van der Waals surface area contributed by atoms with E-state index in [1.807, 2.05) is 42.7 Å². The molecule has 1 saturated heterocycles. The van der Waals surface area contributed by atoms with Crippen LogP contribution >= 0.6 is 0 Å². The molecule has 4 aromatic rings. The summed E-state index contributed by atoms with van der Waals surface area (Å²) in [7, 11) is 0. The van der Waals surface area contributed by atoms with Gasteiger partial charge in [-0.15, -0.1) is 0 Å². The van der Waals surface area contributed by atoms with Gasteiger partial charge in [-0.05, 0) is 36.6 Å². The van der Waals surface area contributed by atoms with E-state index in [9.17, 15) is 0 Å². The Morgan fingerprint density at radius 2 is 2.07 bits per heavy atom. The molecule has 136 valence electrons. The Balaban J connectivity index is 1.38. The van der Waals surface area contributed by atoms with Gasteiger partial charge >= 0.3 is 0 Å². The van der Waals surface area contributed by atoms with Crippen LogP contribution in [-0.2, 0) is 6.54 Å². The quantitative estimate of drug-likeness (QED) is 0.554. The van der Waals surface area contributed by atoms with Gasteiger partial charge in [0, 0.05) is 43.8 Å². The maximum absolute atomic E-state index is 5.98. The highest BCUT2D eigenvalue weighted by Gasteiger charge is 2.27. The summed E-state index contributed by atoms with van der Waals surface area (Å²) >= 11 is 0. The average Bonchev–Trinajstić information content (AvgIpc) is 3.36. The van der Waals surface area contributed by atoms with E-state index in [2.05, 4.69) is 36.7 Å². The number of aromatic nitrogens is 4. The Kier molecular flexibility index (Phi) is 4.08. The Labute approximate surface area is 157 Å². The topological polar surface area (TPSA) is 60.0 Å². The molecule has 0 amide bonds. The third-order valence-electron chi connectivity index (χ3n) is 5.16. The van der Waals surface area contributed by atoms with Crippen molar-refractivity contribution in [2.24, 2.45) is 0 Å². The number of imidazole rings is 1. The van der Waals surface area contributed by atoms with Crippen molar-refractivity contribution in [3.63, 3.8) is 0 Å². The second-order valence-electron chi connectivity index (χ2n) is 7.02. The summed E-state index contributed by atoms with van der Waals surface area (Å²) in [4.78, 5) is 15.8. The molecule has 0 N–H and O–H groups in total. The van der Waals surface area contributed by atoms with Crippen molar-refractivity contribution in [2.75, 3.05) is 18.0 Å². The molecular formula is C21H21N5O. The molecule has 5 rings (SSSR count). The van der Waals surface area contributed by atoms with E-state index in [-0.39, 0.29) is 0 Å². The van der Waals surface area contributed by atoms with Crippen LogP contribution < -0.4 is 4.90 Å². The van der Waals surface area contributed by atoms with Gasteiger partial charge in [0.05, 0.1) is 6.54 Å². The summed E-state index contributed by atoms with van der Waals surface area (Å²) in [5, 5.41) is 0.